The van der Waals surface area contributed by atoms with Crippen LogP contribution in [0.3, 0.4) is 0 Å². The number of anilines is 1. The summed E-state index contributed by atoms with van der Waals surface area (Å²) in [5.74, 6) is 1.61. The van der Waals surface area contributed by atoms with Crippen LogP contribution in [0.1, 0.15) is 49.3 Å². The molecule has 0 saturated carbocycles. The maximum atomic E-state index is 12.3. The van der Waals surface area contributed by atoms with Crippen LogP contribution >= 0.6 is 0 Å². The third-order valence-corrected chi connectivity index (χ3v) is 6.33. The molecule has 0 aliphatic carbocycles. The topological polar surface area (TPSA) is 90.9 Å². The van der Waals surface area contributed by atoms with Crippen LogP contribution in [-0.2, 0) is 6.54 Å². The molecule has 0 aromatic carbocycles. The molecule has 0 radical (unpaired) electrons. The minimum Gasteiger partial charge on any atom is -0.341 e. The van der Waals surface area contributed by atoms with Crippen LogP contribution in [0, 0.1) is 0 Å². The van der Waals surface area contributed by atoms with Crippen LogP contribution in [0.2, 0.25) is 0 Å². The van der Waals surface area contributed by atoms with Gasteiger partial charge in [0.2, 0.25) is 5.95 Å². The van der Waals surface area contributed by atoms with E-state index in [0.29, 0.717) is 11.5 Å². The molecule has 0 bridgehead atoms. The van der Waals surface area contributed by atoms with Crippen LogP contribution in [0.15, 0.2) is 47.7 Å². The number of hydrogen-bond donors (Lipinski definition) is 1. The van der Waals surface area contributed by atoms with Crippen LogP contribution < -0.4 is 10.5 Å². The molecule has 8 heteroatoms. The predicted molar refractivity (Wildman–Crippen MR) is 123 cm³/mol. The molecule has 2 fully saturated rings. The van der Waals surface area contributed by atoms with Gasteiger partial charge in [-0.05, 0) is 50.8 Å². The van der Waals surface area contributed by atoms with E-state index < -0.39 is 0 Å². The Morgan fingerprint density at radius 3 is 2.62 bits per heavy atom. The highest BCUT2D eigenvalue weighted by atomic mass is 16.1. The second kappa shape index (κ2) is 9.56. The first kappa shape index (κ1) is 20.8. The van der Waals surface area contributed by atoms with Gasteiger partial charge in [0, 0.05) is 62.3 Å². The lowest BCUT2D eigenvalue weighted by Crippen LogP contribution is -2.35. The molecule has 2 aliphatic rings. The van der Waals surface area contributed by atoms with Crippen molar-refractivity contribution < 1.29 is 0 Å². The van der Waals surface area contributed by atoms with E-state index in [4.69, 9.17) is 4.98 Å². The minimum atomic E-state index is -0.130. The van der Waals surface area contributed by atoms with Gasteiger partial charge in [0.15, 0.2) is 5.82 Å². The Hall–Kier alpha value is -3.13. The van der Waals surface area contributed by atoms with Crippen LogP contribution in [0.25, 0.3) is 11.5 Å². The van der Waals surface area contributed by atoms with Gasteiger partial charge in [0.25, 0.3) is 5.56 Å². The summed E-state index contributed by atoms with van der Waals surface area (Å²) in [5, 5.41) is 0. The lowest BCUT2D eigenvalue weighted by atomic mass is 9.94. The number of rotatable bonds is 5. The molecule has 5 heterocycles. The zero-order valence-electron chi connectivity index (χ0n) is 18.3. The lowest BCUT2D eigenvalue weighted by Gasteiger charge is -2.32. The third-order valence-electron chi connectivity index (χ3n) is 6.33. The quantitative estimate of drug-likeness (QED) is 0.664. The maximum Gasteiger partial charge on any atom is 0.251 e. The zero-order valence-corrected chi connectivity index (χ0v) is 18.3. The van der Waals surface area contributed by atoms with Gasteiger partial charge < -0.3 is 9.88 Å². The molecule has 0 spiro atoms. The number of pyridine rings is 1. The summed E-state index contributed by atoms with van der Waals surface area (Å²) < 4.78 is 0. The first-order valence-electron chi connectivity index (χ1n) is 11.6. The smallest absolute Gasteiger partial charge is 0.251 e. The normalized spacial score (nSPS) is 19.8. The fourth-order valence-corrected chi connectivity index (χ4v) is 4.70. The molecular weight excluding hydrogens is 402 g/mol. The largest absolute Gasteiger partial charge is 0.341 e. The number of aromatic nitrogens is 5. The Balaban J connectivity index is 1.27. The van der Waals surface area contributed by atoms with Crippen molar-refractivity contribution in [2.45, 2.75) is 44.6 Å². The van der Waals surface area contributed by atoms with Crippen molar-refractivity contribution in [2.75, 3.05) is 31.1 Å². The molecule has 5 rings (SSSR count). The fraction of sp³-hybridized carbons (Fsp3) is 0.458. The van der Waals surface area contributed by atoms with Gasteiger partial charge in [-0.3, -0.25) is 14.7 Å². The molecule has 32 heavy (non-hydrogen) atoms. The zero-order chi connectivity index (χ0) is 21.8. The molecule has 2 aliphatic heterocycles. The SMILES string of the molecule is O=c1cc([C@@H]2CCCN(Cc3cnc(N4CCCCC4)nc3)C2)nc(-c2ccccn2)[nH]1. The van der Waals surface area contributed by atoms with Crippen molar-refractivity contribution in [1.29, 1.82) is 0 Å². The number of H-pyrrole nitrogens is 1. The average molecular weight is 432 g/mol. The first-order valence-corrected chi connectivity index (χ1v) is 11.6. The molecule has 8 nitrogen and oxygen atoms in total. The van der Waals surface area contributed by atoms with E-state index in [1.165, 1.54) is 19.3 Å². The molecule has 3 aromatic heterocycles. The van der Waals surface area contributed by atoms with E-state index in [1.54, 1.807) is 12.3 Å². The van der Waals surface area contributed by atoms with Crippen molar-refractivity contribution >= 4 is 5.95 Å². The number of likely N-dealkylation sites (tertiary alicyclic amines) is 1. The lowest BCUT2D eigenvalue weighted by molar-refractivity contribution is 0.198. The van der Waals surface area contributed by atoms with Crippen molar-refractivity contribution in [1.82, 2.24) is 29.8 Å². The monoisotopic (exact) mass is 431 g/mol. The Morgan fingerprint density at radius 2 is 1.84 bits per heavy atom. The summed E-state index contributed by atoms with van der Waals surface area (Å²) in [4.78, 5) is 38.2. The second-order valence-corrected chi connectivity index (χ2v) is 8.75. The van der Waals surface area contributed by atoms with Gasteiger partial charge in [-0.25, -0.2) is 15.0 Å². The number of nitrogens with zero attached hydrogens (tertiary/aromatic N) is 6. The van der Waals surface area contributed by atoms with Gasteiger partial charge in [0.1, 0.15) is 5.69 Å². The summed E-state index contributed by atoms with van der Waals surface area (Å²) in [6.07, 6.45) is 11.5. The molecule has 166 valence electrons. The highest BCUT2D eigenvalue weighted by molar-refractivity contribution is 5.48. The number of aromatic amines is 1. The van der Waals surface area contributed by atoms with E-state index in [-0.39, 0.29) is 11.5 Å². The van der Waals surface area contributed by atoms with Crippen molar-refractivity contribution in [3.8, 4) is 11.5 Å². The summed E-state index contributed by atoms with van der Waals surface area (Å²) in [6, 6.07) is 7.25. The first-order chi connectivity index (χ1) is 15.7. The Kier molecular flexibility index (Phi) is 6.20. The molecular formula is C24H29N7O. The van der Waals surface area contributed by atoms with Gasteiger partial charge >= 0.3 is 0 Å². The van der Waals surface area contributed by atoms with Gasteiger partial charge in [0.05, 0.1) is 5.69 Å². The molecule has 0 amide bonds. The summed E-state index contributed by atoms with van der Waals surface area (Å²) in [7, 11) is 0. The Labute approximate surface area is 187 Å². The highest BCUT2D eigenvalue weighted by Crippen LogP contribution is 2.27. The van der Waals surface area contributed by atoms with Gasteiger partial charge in [-0.2, -0.15) is 0 Å². The summed E-state index contributed by atoms with van der Waals surface area (Å²) in [5.41, 5.74) is 2.52. The maximum absolute atomic E-state index is 12.3. The van der Waals surface area contributed by atoms with Gasteiger partial charge in [-0.1, -0.05) is 6.07 Å². The number of hydrogen-bond acceptors (Lipinski definition) is 7. The van der Waals surface area contributed by atoms with Crippen molar-refractivity contribution in [2.24, 2.45) is 0 Å². The van der Waals surface area contributed by atoms with E-state index in [1.807, 2.05) is 30.6 Å². The van der Waals surface area contributed by atoms with Gasteiger partial charge in [-0.15, -0.1) is 0 Å². The van der Waals surface area contributed by atoms with E-state index >= 15 is 0 Å². The van der Waals surface area contributed by atoms with E-state index in [2.05, 4.69) is 29.7 Å². The Bertz CT molecular complexity index is 1080. The minimum absolute atomic E-state index is 0.130. The van der Waals surface area contributed by atoms with Crippen molar-refractivity contribution in [3.05, 3.63) is 64.5 Å². The molecule has 1 N–H and O–H groups in total. The van der Waals surface area contributed by atoms with E-state index in [0.717, 1.165) is 62.8 Å². The standard InChI is InChI=1S/C24H29N7O/c32-22-13-21(28-23(29-22)20-8-2-3-9-25-20)19-7-6-10-30(17-19)16-18-14-26-24(27-15-18)31-11-4-1-5-12-31/h2-3,8-9,13-15,19H,1,4-7,10-12,16-17H2,(H,28,29,32)/t19-/m1/s1. The summed E-state index contributed by atoms with van der Waals surface area (Å²) >= 11 is 0. The van der Waals surface area contributed by atoms with Crippen molar-refractivity contribution in [3.63, 3.8) is 0 Å². The van der Waals surface area contributed by atoms with Crippen LogP contribution in [-0.4, -0.2) is 56.0 Å². The molecule has 3 aromatic rings. The Morgan fingerprint density at radius 1 is 1.00 bits per heavy atom. The van der Waals surface area contributed by atoms with Crippen LogP contribution in [0.5, 0.6) is 0 Å². The van der Waals surface area contributed by atoms with E-state index in [9.17, 15) is 4.79 Å². The third kappa shape index (κ3) is 4.85. The second-order valence-electron chi connectivity index (χ2n) is 8.75. The molecule has 1 atom stereocenters. The highest BCUT2D eigenvalue weighted by Gasteiger charge is 2.24. The fourth-order valence-electron chi connectivity index (χ4n) is 4.70. The molecule has 2 saturated heterocycles. The summed E-state index contributed by atoms with van der Waals surface area (Å²) in [6.45, 7) is 4.81. The molecule has 0 unspecified atom stereocenters. The predicted octanol–water partition coefficient (Wildman–Crippen LogP) is 2.99. The number of nitrogens with one attached hydrogen (secondary N) is 1. The van der Waals surface area contributed by atoms with Crippen LogP contribution in [0.4, 0.5) is 5.95 Å². The average Bonchev–Trinajstić information content (AvgIpc) is 2.85. The number of piperidine rings is 2.